The molecule has 6 nitrogen and oxygen atoms in total. The fourth-order valence-electron chi connectivity index (χ4n) is 3.04. The summed E-state index contributed by atoms with van der Waals surface area (Å²) < 4.78 is 1.93. The highest BCUT2D eigenvalue weighted by atomic mass is 35.5. The van der Waals surface area contributed by atoms with Crippen LogP contribution in [0.3, 0.4) is 0 Å². The molecule has 2 fully saturated rings. The van der Waals surface area contributed by atoms with Crippen LogP contribution >= 0.6 is 12.4 Å². The van der Waals surface area contributed by atoms with Gasteiger partial charge in [-0.05, 0) is 52.3 Å². The number of nitrogens with one attached hydrogen (secondary N) is 2. The van der Waals surface area contributed by atoms with Crippen LogP contribution in [-0.2, 0) is 0 Å². The maximum absolute atomic E-state index is 12.2. The molecule has 7 heteroatoms. The summed E-state index contributed by atoms with van der Waals surface area (Å²) in [5.74, 6) is -0.0708. The lowest BCUT2D eigenvalue weighted by Gasteiger charge is -2.24. The molecule has 0 spiro atoms. The zero-order chi connectivity index (χ0) is 15.5. The van der Waals surface area contributed by atoms with Gasteiger partial charge in [0.2, 0.25) is 0 Å². The van der Waals surface area contributed by atoms with Crippen molar-refractivity contribution >= 4 is 18.3 Å². The third kappa shape index (κ3) is 4.68. The first-order valence-electron chi connectivity index (χ1n) is 8.41. The van der Waals surface area contributed by atoms with Crippen molar-refractivity contribution in [3.05, 3.63) is 18.0 Å². The maximum Gasteiger partial charge on any atom is 0.271 e. The third-order valence-corrected chi connectivity index (χ3v) is 4.86. The van der Waals surface area contributed by atoms with Crippen LogP contribution in [-0.4, -0.2) is 59.4 Å². The Hall–Kier alpha value is -1.11. The lowest BCUT2D eigenvalue weighted by Crippen LogP contribution is -2.41. The van der Waals surface area contributed by atoms with E-state index in [2.05, 4.69) is 34.6 Å². The Morgan fingerprint density at radius 2 is 2.30 bits per heavy atom. The summed E-state index contributed by atoms with van der Waals surface area (Å²) in [6.45, 7) is 4.85. The average molecular weight is 342 g/mol. The van der Waals surface area contributed by atoms with E-state index in [-0.39, 0.29) is 18.3 Å². The topological polar surface area (TPSA) is 62.2 Å². The van der Waals surface area contributed by atoms with Crippen molar-refractivity contribution in [2.75, 3.05) is 26.7 Å². The molecule has 1 aromatic heterocycles. The molecule has 130 valence electrons. The van der Waals surface area contributed by atoms with Crippen molar-refractivity contribution in [2.45, 2.75) is 50.7 Å². The molecule has 3 rings (SSSR count). The molecule has 1 saturated carbocycles. The fourth-order valence-corrected chi connectivity index (χ4v) is 3.04. The average Bonchev–Trinajstić information content (AvgIpc) is 3.28. The van der Waals surface area contributed by atoms with E-state index < -0.39 is 0 Å². The molecule has 2 atom stereocenters. The predicted molar refractivity (Wildman–Crippen MR) is 93.2 cm³/mol. The summed E-state index contributed by atoms with van der Waals surface area (Å²) in [5.41, 5.74) is 0.520. The largest absolute Gasteiger partial charge is 0.349 e. The number of likely N-dealkylation sites (N-methyl/N-ethyl adjacent to an activating group) is 1. The van der Waals surface area contributed by atoms with E-state index in [1.54, 1.807) is 0 Å². The number of piperidine rings is 1. The number of carbonyl (C=O) groups excluding carboxylic acids is 1. The van der Waals surface area contributed by atoms with Crippen molar-refractivity contribution < 1.29 is 4.79 Å². The summed E-state index contributed by atoms with van der Waals surface area (Å²) in [4.78, 5) is 14.6. The van der Waals surface area contributed by atoms with E-state index in [0.29, 0.717) is 30.4 Å². The van der Waals surface area contributed by atoms with Crippen molar-refractivity contribution in [1.29, 1.82) is 0 Å². The van der Waals surface area contributed by atoms with Gasteiger partial charge in [0.05, 0.1) is 6.04 Å². The van der Waals surface area contributed by atoms with E-state index in [9.17, 15) is 4.79 Å². The van der Waals surface area contributed by atoms with Gasteiger partial charge in [-0.2, -0.15) is 5.10 Å². The lowest BCUT2D eigenvalue weighted by molar-refractivity contribution is 0.0933. The smallest absolute Gasteiger partial charge is 0.271 e. The first-order chi connectivity index (χ1) is 10.6. The minimum atomic E-state index is -0.0708. The Morgan fingerprint density at radius 3 is 2.96 bits per heavy atom. The molecule has 1 saturated heterocycles. The molecule has 1 aromatic rings. The molecule has 0 radical (unpaired) electrons. The van der Waals surface area contributed by atoms with Gasteiger partial charge < -0.3 is 10.6 Å². The van der Waals surface area contributed by atoms with Crippen LogP contribution < -0.4 is 10.6 Å². The first kappa shape index (κ1) is 18.2. The van der Waals surface area contributed by atoms with Gasteiger partial charge in [0, 0.05) is 31.4 Å². The number of carbonyl (C=O) groups is 1. The molecule has 1 aliphatic heterocycles. The van der Waals surface area contributed by atoms with Gasteiger partial charge >= 0.3 is 0 Å². The number of rotatable bonds is 6. The highest BCUT2D eigenvalue weighted by Gasteiger charge is 2.29. The van der Waals surface area contributed by atoms with Crippen molar-refractivity contribution in [3.63, 3.8) is 0 Å². The zero-order valence-electron chi connectivity index (χ0n) is 14.0. The van der Waals surface area contributed by atoms with Gasteiger partial charge in [-0.15, -0.1) is 12.4 Å². The van der Waals surface area contributed by atoms with E-state index in [1.165, 1.54) is 12.8 Å². The van der Waals surface area contributed by atoms with Crippen LogP contribution in [0.1, 0.15) is 49.1 Å². The zero-order valence-corrected chi connectivity index (χ0v) is 14.8. The normalized spacial score (nSPS) is 22.5. The van der Waals surface area contributed by atoms with Gasteiger partial charge in [0.25, 0.3) is 5.91 Å². The molecular weight excluding hydrogens is 314 g/mol. The van der Waals surface area contributed by atoms with Gasteiger partial charge in [-0.3, -0.25) is 14.4 Å². The van der Waals surface area contributed by atoms with Crippen molar-refractivity contribution in [1.82, 2.24) is 25.3 Å². The van der Waals surface area contributed by atoms with Gasteiger partial charge in [0.1, 0.15) is 5.69 Å². The fraction of sp³-hybridized carbons (Fsp3) is 0.750. The van der Waals surface area contributed by atoms with Crippen molar-refractivity contribution in [2.24, 2.45) is 0 Å². The monoisotopic (exact) mass is 341 g/mol. The molecule has 1 aliphatic carbocycles. The Balaban J connectivity index is 0.00000192. The van der Waals surface area contributed by atoms with Crippen molar-refractivity contribution in [3.8, 4) is 0 Å². The second-order valence-electron chi connectivity index (χ2n) is 6.64. The van der Waals surface area contributed by atoms with Crippen LogP contribution in [0.5, 0.6) is 0 Å². The van der Waals surface area contributed by atoms with Crippen LogP contribution in [0.25, 0.3) is 0 Å². The molecule has 2 N–H and O–H groups in total. The summed E-state index contributed by atoms with van der Waals surface area (Å²) in [6, 6.07) is 3.26. The van der Waals surface area contributed by atoms with E-state index in [0.717, 1.165) is 25.9 Å². The van der Waals surface area contributed by atoms with Crippen LogP contribution in [0.15, 0.2) is 12.3 Å². The molecule has 2 unspecified atom stereocenters. The number of nitrogens with zero attached hydrogens (tertiary/aromatic N) is 3. The Morgan fingerprint density at radius 1 is 1.52 bits per heavy atom. The Bertz CT molecular complexity index is 510. The number of amides is 1. The molecule has 2 aliphatic rings. The number of halogens is 1. The highest BCUT2D eigenvalue weighted by Crippen LogP contribution is 2.26. The van der Waals surface area contributed by atoms with E-state index in [1.807, 2.05) is 16.9 Å². The summed E-state index contributed by atoms with van der Waals surface area (Å²) in [6.07, 6.45) is 6.78. The molecule has 23 heavy (non-hydrogen) atoms. The van der Waals surface area contributed by atoms with Gasteiger partial charge in [0.15, 0.2) is 0 Å². The van der Waals surface area contributed by atoms with Crippen LogP contribution in [0, 0.1) is 0 Å². The van der Waals surface area contributed by atoms with Gasteiger partial charge in [-0.25, -0.2) is 0 Å². The number of hydrogen-bond acceptors (Lipinski definition) is 4. The standard InChI is InChI=1S/C16H27N5O.ClH/c1-12(20(2)13-5-6-13)10-18-16(22)15-7-9-21(19-15)14-4-3-8-17-11-14;/h7,9,12-14,17H,3-6,8,10-11H2,1-2H3,(H,18,22);1H. The quantitative estimate of drug-likeness (QED) is 0.822. The first-order valence-corrected chi connectivity index (χ1v) is 8.41. The number of hydrogen-bond donors (Lipinski definition) is 2. The minimum Gasteiger partial charge on any atom is -0.349 e. The second kappa shape index (κ2) is 8.13. The third-order valence-electron chi connectivity index (χ3n) is 4.86. The summed E-state index contributed by atoms with van der Waals surface area (Å²) in [7, 11) is 2.14. The Labute approximate surface area is 144 Å². The molecule has 2 heterocycles. The van der Waals surface area contributed by atoms with E-state index in [4.69, 9.17) is 0 Å². The van der Waals surface area contributed by atoms with E-state index >= 15 is 0 Å². The Kier molecular flexibility index (Phi) is 6.44. The maximum atomic E-state index is 12.2. The van der Waals surface area contributed by atoms with Gasteiger partial charge in [-0.1, -0.05) is 0 Å². The van der Waals surface area contributed by atoms with Crippen LogP contribution in [0.2, 0.25) is 0 Å². The minimum absolute atomic E-state index is 0. The lowest BCUT2D eigenvalue weighted by atomic mass is 10.1. The molecular formula is C16H28ClN5O. The summed E-state index contributed by atoms with van der Waals surface area (Å²) >= 11 is 0. The number of aromatic nitrogens is 2. The predicted octanol–water partition coefficient (Wildman–Crippen LogP) is 1.44. The molecule has 1 amide bonds. The highest BCUT2D eigenvalue weighted by molar-refractivity contribution is 5.92. The SMILES string of the molecule is CC(CNC(=O)c1ccn(C2CCCNC2)n1)N(C)C1CC1.Cl. The molecule has 0 bridgehead atoms. The van der Waals surface area contributed by atoms with Crippen LogP contribution in [0.4, 0.5) is 0 Å². The second-order valence-corrected chi connectivity index (χ2v) is 6.64. The summed E-state index contributed by atoms with van der Waals surface area (Å²) in [5, 5.41) is 10.8. The molecule has 0 aromatic carbocycles.